The van der Waals surface area contributed by atoms with Gasteiger partial charge in [0, 0.05) is 21.1 Å². The van der Waals surface area contributed by atoms with Gasteiger partial charge in [-0.3, -0.25) is 9.78 Å². The number of rotatable bonds is 4. The summed E-state index contributed by atoms with van der Waals surface area (Å²) in [5.41, 5.74) is 4.91. The van der Waals surface area contributed by atoms with Gasteiger partial charge in [0.2, 0.25) is 6.79 Å². The summed E-state index contributed by atoms with van der Waals surface area (Å²) < 4.78 is 11.7. The first kappa shape index (κ1) is 19.5. The number of hydrogen-bond acceptors (Lipinski definition) is 4. The number of allylic oxidation sites excluding steroid dienone is 1. The highest BCUT2D eigenvalue weighted by molar-refractivity contribution is 9.10. The van der Waals surface area contributed by atoms with Crippen LogP contribution in [0.25, 0.3) is 28.1 Å². The van der Waals surface area contributed by atoms with Gasteiger partial charge < -0.3 is 9.47 Å². The molecule has 5 heteroatoms. The Balaban J connectivity index is 1.63. The number of fused-ring (bicyclic) bond motifs is 2. The van der Waals surface area contributed by atoms with Crippen molar-refractivity contribution < 1.29 is 14.3 Å². The van der Waals surface area contributed by atoms with E-state index < -0.39 is 0 Å². The summed E-state index contributed by atoms with van der Waals surface area (Å²) in [6, 6.07) is 21.5. The van der Waals surface area contributed by atoms with Crippen molar-refractivity contribution in [2.45, 2.75) is 6.92 Å². The van der Waals surface area contributed by atoms with Gasteiger partial charge in [0.15, 0.2) is 17.3 Å². The van der Waals surface area contributed by atoms with Crippen molar-refractivity contribution in [1.82, 2.24) is 4.98 Å². The summed E-state index contributed by atoms with van der Waals surface area (Å²) in [4.78, 5) is 18.1. The van der Waals surface area contributed by atoms with Gasteiger partial charge in [0.25, 0.3) is 0 Å². The van der Waals surface area contributed by atoms with Crippen LogP contribution in [0.4, 0.5) is 0 Å². The van der Waals surface area contributed by atoms with Crippen molar-refractivity contribution in [2.75, 3.05) is 6.79 Å². The molecule has 152 valence electrons. The quantitative estimate of drug-likeness (QED) is 0.248. The number of nitrogens with zero attached hydrogens (tertiary/aromatic N) is 1. The van der Waals surface area contributed by atoms with E-state index >= 15 is 0 Å². The highest BCUT2D eigenvalue weighted by Gasteiger charge is 2.19. The van der Waals surface area contributed by atoms with Gasteiger partial charge in [0.1, 0.15) is 0 Å². The van der Waals surface area contributed by atoms with Gasteiger partial charge in [-0.15, -0.1) is 0 Å². The Kier molecular flexibility index (Phi) is 5.04. The molecule has 0 radical (unpaired) electrons. The number of benzene rings is 3. The summed E-state index contributed by atoms with van der Waals surface area (Å²) in [6.45, 7) is 2.11. The van der Waals surface area contributed by atoms with Crippen LogP contribution in [0.5, 0.6) is 11.5 Å². The zero-order valence-electron chi connectivity index (χ0n) is 16.8. The standard InChI is InChI=1S/C26H18BrNO3/c1-16-25(22(29)11-7-17-8-12-23-24(13-17)31-15-30-23)26(18-5-3-2-4-6-18)20-14-19(27)9-10-21(20)28-16/h2-14H,15H2,1H3/b11-7-. The zero-order chi connectivity index (χ0) is 21.4. The molecule has 0 saturated heterocycles. The van der Waals surface area contributed by atoms with Gasteiger partial charge >= 0.3 is 0 Å². The molecule has 2 heterocycles. The number of carbonyl (C=O) groups is 1. The molecule has 0 atom stereocenters. The van der Waals surface area contributed by atoms with Crippen LogP contribution in [0, 0.1) is 6.92 Å². The first-order chi connectivity index (χ1) is 15.1. The van der Waals surface area contributed by atoms with Gasteiger partial charge in [-0.25, -0.2) is 0 Å². The van der Waals surface area contributed by atoms with E-state index in [9.17, 15) is 4.79 Å². The lowest BCUT2D eigenvalue weighted by atomic mass is 9.92. The van der Waals surface area contributed by atoms with Crippen LogP contribution in [0.2, 0.25) is 0 Å². The van der Waals surface area contributed by atoms with Crippen LogP contribution in [0.1, 0.15) is 21.6 Å². The van der Waals surface area contributed by atoms with E-state index in [0.29, 0.717) is 17.0 Å². The molecule has 0 spiro atoms. The third-order valence-corrected chi connectivity index (χ3v) is 5.75. The lowest BCUT2D eigenvalue weighted by Crippen LogP contribution is -2.05. The normalized spacial score (nSPS) is 12.6. The average molecular weight is 472 g/mol. The number of aryl methyl sites for hydroxylation is 1. The number of aromatic nitrogens is 1. The van der Waals surface area contributed by atoms with Crippen molar-refractivity contribution >= 4 is 38.7 Å². The second-order valence-electron chi connectivity index (χ2n) is 7.28. The van der Waals surface area contributed by atoms with E-state index in [1.165, 1.54) is 0 Å². The fourth-order valence-electron chi connectivity index (χ4n) is 3.84. The molecule has 3 aromatic carbocycles. The molecule has 4 aromatic rings. The third-order valence-electron chi connectivity index (χ3n) is 5.26. The third kappa shape index (κ3) is 3.73. The fourth-order valence-corrected chi connectivity index (χ4v) is 4.20. The van der Waals surface area contributed by atoms with E-state index in [2.05, 4.69) is 15.9 Å². The molecular weight excluding hydrogens is 454 g/mol. The molecule has 0 aliphatic carbocycles. The maximum absolute atomic E-state index is 13.4. The first-order valence-electron chi connectivity index (χ1n) is 9.87. The number of carbonyl (C=O) groups excluding carboxylic acids is 1. The minimum absolute atomic E-state index is 0.0941. The molecule has 0 bridgehead atoms. The molecule has 5 rings (SSSR count). The summed E-state index contributed by atoms with van der Waals surface area (Å²) >= 11 is 3.56. The second kappa shape index (κ2) is 8.00. The lowest BCUT2D eigenvalue weighted by Gasteiger charge is -2.14. The van der Waals surface area contributed by atoms with Crippen LogP contribution in [0.15, 0.2) is 77.3 Å². The number of hydrogen-bond donors (Lipinski definition) is 0. The molecule has 1 aliphatic rings. The van der Waals surface area contributed by atoms with Crippen LogP contribution in [0.3, 0.4) is 0 Å². The van der Waals surface area contributed by atoms with E-state index in [1.54, 1.807) is 12.2 Å². The van der Waals surface area contributed by atoms with Crippen LogP contribution in [-0.4, -0.2) is 17.6 Å². The number of halogens is 1. The Morgan fingerprint density at radius 3 is 2.65 bits per heavy atom. The summed E-state index contributed by atoms with van der Waals surface area (Å²) in [7, 11) is 0. The largest absolute Gasteiger partial charge is 0.454 e. The van der Waals surface area contributed by atoms with Gasteiger partial charge in [-0.05, 0) is 54.5 Å². The van der Waals surface area contributed by atoms with Gasteiger partial charge in [0.05, 0.1) is 11.1 Å². The fraction of sp³-hybridized carbons (Fsp3) is 0.0769. The molecular formula is C26H18BrNO3. The van der Waals surface area contributed by atoms with E-state index in [0.717, 1.165) is 37.8 Å². The lowest BCUT2D eigenvalue weighted by molar-refractivity contribution is 0.104. The van der Waals surface area contributed by atoms with E-state index in [-0.39, 0.29) is 12.6 Å². The zero-order valence-corrected chi connectivity index (χ0v) is 18.3. The average Bonchev–Trinajstić information content (AvgIpc) is 3.25. The Morgan fingerprint density at radius 1 is 1.00 bits per heavy atom. The Bertz CT molecular complexity index is 1350. The van der Waals surface area contributed by atoms with Crippen molar-refractivity contribution in [1.29, 1.82) is 0 Å². The van der Waals surface area contributed by atoms with E-state index in [4.69, 9.17) is 14.5 Å². The van der Waals surface area contributed by atoms with Crippen molar-refractivity contribution in [3.05, 3.63) is 94.1 Å². The van der Waals surface area contributed by atoms with Crippen molar-refractivity contribution in [3.63, 3.8) is 0 Å². The molecule has 0 saturated carbocycles. The van der Waals surface area contributed by atoms with Crippen LogP contribution < -0.4 is 9.47 Å². The number of ketones is 1. The number of pyridine rings is 1. The monoisotopic (exact) mass is 471 g/mol. The maximum Gasteiger partial charge on any atom is 0.231 e. The van der Waals surface area contributed by atoms with E-state index in [1.807, 2.05) is 73.7 Å². The molecule has 0 N–H and O–H groups in total. The minimum atomic E-state index is -0.0941. The molecule has 31 heavy (non-hydrogen) atoms. The molecule has 0 amide bonds. The maximum atomic E-state index is 13.4. The number of ether oxygens (including phenoxy) is 2. The molecule has 0 fully saturated rings. The highest BCUT2D eigenvalue weighted by Crippen LogP contribution is 2.36. The smallest absolute Gasteiger partial charge is 0.231 e. The van der Waals surface area contributed by atoms with Crippen LogP contribution >= 0.6 is 15.9 Å². The van der Waals surface area contributed by atoms with Crippen LogP contribution in [-0.2, 0) is 0 Å². The first-order valence-corrected chi connectivity index (χ1v) is 10.7. The molecule has 1 aliphatic heterocycles. The summed E-state index contributed by atoms with van der Waals surface area (Å²) in [5, 5.41) is 0.936. The Labute approximate surface area is 188 Å². The topological polar surface area (TPSA) is 48.4 Å². The predicted molar refractivity (Wildman–Crippen MR) is 126 cm³/mol. The summed E-state index contributed by atoms with van der Waals surface area (Å²) in [5.74, 6) is 1.31. The van der Waals surface area contributed by atoms with Crippen molar-refractivity contribution in [2.24, 2.45) is 0 Å². The van der Waals surface area contributed by atoms with Gasteiger partial charge in [-0.2, -0.15) is 0 Å². The Morgan fingerprint density at radius 2 is 1.81 bits per heavy atom. The van der Waals surface area contributed by atoms with Gasteiger partial charge in [-0.1, -0.05) is 58.4 Å². The molecule has 1 aromatic heterocycles. The minimum Gasteiger partial charge on any atom is -0.454 e. The molecule has 0 unspecified atom stereocenters. The Hall–Kier alpha value is -3.44. The second-order valence-corrected chi connectivity index (χ2v) is 8.20. The van der Waals surface area contributed by atoms with Crippen molar-refractivity contribution in [3.8, 4) is 22.6 Å². The summed E-state index contributed by atoms with van der Waals surface area (Å²) in [6.07, 6.45) is 3.39. The molecule has 4 nitrogen and oxygen atoms in total. The highest BCUT2D eigenvalue weighted by atomic mass is 79.9. The SMILES string of the molecule is Cc1nc2ccc(Br)cc2c(-c2ccccc2)c1C(=O)/C=C\c1ccc2c(c1)OCO2. The predicted octanol–water partition coefficient (Wildman–Crippen LogP) is 6.60.